The van der Waals surface area contributed by atoms with Gasteiger partial charge in [0.15, 0.2) is 0 Å². The minimum atomic E-state index is -0.820. The fourth-order valence-electron chi connectivity index (χ4n) is 5.72. The number of para-hydroxylation sites is 1. The molecule has 0 radical (unpaired) electrons. The summed E-state index contributed by atoms with van der Waals surface area (Å²) in [5, 5.41) is 0. The summed E-state index contributed by atoms with van der Waals surface area (Å²) in [6.45, 7) is 3.82. The van der Waals surface area contributed by atoms with Crippen molar-refractivity contribution in [3.63, 3.8) is 0 Å². The molecule has 3 aliphatic rings. The highest BCUT2D eigenvalue weighted by Crippen LogP contribution is 2.54. The number of benzene rings is 3. The quantitative estimate of drug-likeness (QED) is 0.320. The summed E-state index contributed by atoms with van der Waals surface area (Å²) >= 11 is 0. The highest BCUT2D eigenvalue weighted by molar-refractivity contribution is 6.24. The van der Waals surface area contributed by atoms with E-state index in [0.717, 1.165) is 27.8 Å². The zero-order valence-electron chi connectivity index (χ0n) is 18.9. The van der Waals surface area contributed by atoms with E-state index in [-0.39, 0.29) is 17.7 Å². The molecule has 1 saturated heterocycles. The van der Waals surface area contributed by atoms with Crippen LogP contribution in [0.4, 0.5) is 5.69 Å². The predicted molar refractivity (Wildman–Crippen MR) is 128 cm³/mol. The van der Waals surface area contributed by atoms with E-state index in [4.69, 9.17) is 4.74 Å². The summed E-state index contributed by atoms with van der Waals surface area (Å²) in [6, 6.07) is 22.9. The number of fused-ring (bicyclic) bond motifs is 5. The van der Waals surface area contributed by atoms with Gasteiger partial charge in [0, 0.05) is 11.5 Å². The molecule has 2 aliphatic heterocycles. The van der Waals surface area contributed by atoms with E-state index in [0.29, 0.717) is 11.4 Å². The topological polar surface area (TPSA) is 63.7 Å². The smallest absolute Gasteiger partial charge is 0.319 e. The van der Waals surface area contributed by atoms with Gasteiger partial charge in [0.1, 0.15) is 5.75 Å². The Morgan fingerprint density at radius 1 is 0.794 bits per heavy atom. The van der Waals surface area contributed by atoms with Crippen LogP contribution in [0.25, 0.3) is 5.57 Å². The molecule has 0 saturated carbocycles. The number of hydrogen-bond acceptors (Lipinski definition) is 4. The summed E-state index contributed by atoms with van der Waals surface area (Å²) in [7, 11) is 0. The summed E-state index contributed by atoms with van der Waals surface area (Å²) < 4.78 is 5.72. The van der Waals surface area contributed by atoms with Gasteiger partial charge in [-0.15, -0.1) is 0 Å². The fraction of sp³-hybridized carbons (Fsp3) is 0.207. The lowest BCUT2D eigenvalue weighted by Crippen LogP contribution is -2.42. The normalized spacial score (nSPS) is 25.3. The molecule has 3 aromatic carbocycles. The maximum Gasteiger partial charge on any atom is 0.319 e. The second-order valence-electron chi connectivity index (χ2n) is 9.31. The van der Waals surface area contributed by atoms with Gasteiger partial charge in [-0.1, -0.05) is 66.7 Å². The highest BCUT2D eigenvalue weighted by atomic mass is 16.5. The van der Waals surface area contributed by atoms with Crippen molar-refractivity contribution in [3.05, 3.63) is 101 Å². The number of carbonyl (C=O) groups excluding carboxylic acids is 3. The molecule has 1 aliphatic carbocycles. The molecule has 0 aromatic heterocycles. The Bertz CT molecular complexity index is 1390. The molecule has 0 spiro atoms. The molecule has 0 N–H and O–H groups in total. The molecule has 34 heavy (non-hydrogen) atoms. The Morgan fingerprint density at radius 3 is 2.26 bits per heavy atom. The molecule has 0 bridgehead atoms. The average Bonchev–Trinajstić information content (AvgIpc) is 3.09. The second-order valence-corrected chi connectivity index (χ2v) is 9.31. The standard InChI is InChI=1S/C29H23NO4/c1-16-12-13-19-21-15-20(18-9-4-3-5-10-18)24-26(25(21)29(33)34-23(19)14-16)28(32)30(27(24)31)22-11-7-6-8-17(22)2/h3-15,20,24-26H,1-2H3/t20-,24+,25-,26-/m1/s1. The molecule has 4 atom stereocenters. The van der Waals surface area contributed by atoms with E-state index < -0.39 is 23.7 Å². The van der Waals surface area contributed by atoms with Crippen LogP contribution >= 0.6 is 0 Å². The number of amides is 2. The average molecular weight is 450 g/mol. The van der Waals surface area contributed by atoms with Crippen LogP contribution in [0.1, 0.15) is 28.2 Å². The van der Waals surface area contributed by atoms with Crippen LogP contribution in [0.2, 0.25) is 0 Å². The van der Waals surface area contributed by atoms with Gasteiger partial charge in [-0.3, -0.25) is 14.4 Å². The fourth-order valence-corrected chi connectivity index (χ4v) is 5.72. The molecule has 3 aromatic rings. The van der Waals surface area contributed by atoms with Crippen LogP contribution in [0.15, 0.2) is 78.9 Å². The SMILES string of the molecule is Cc1ccc2c(c1)OC(=O)[C@@H]1C2=C[C@H](c2ccccc2)[C@@H]2C(=O)N(c3ccccc3C)C(=O)[C@@H]12. The van der Waals surface area contributed by atoms with Crippen LogP contribution < -0.4 is 9.64 Å². The van der Waals surface area contributed by atoms with E-state index in [9.17, 15) is 14.4 Å². The van der Waals surface area contributed by atoms with Crippen LogP contribution in [0.5, 0.6) is 5.75 Å². The van der Waals surface area contributed by atoms with Crippen molar-refractivity contribution in [2.24, 2.45) is 17.8 Å². The maximum atomic E-state index is 13.9. The van der Waals surface area contributed by atoms with Gasteiger partial charge in [0.2, 0.25) is 11.8 Å². The van der Waals surface area contributed by atoms with E-state index in [1.54, 1.807) is 6.07 Å². The van der Waals surface area contributed by atoms with E-state index in [1.165, 1.54) is 4.90 Å². The summed E-state index contributed by atoms with van der Waals surface area (Å²) in [6.07, 6.45) is 2.02. The molecule has 1 fully saturated rings. The van der Waals surface area contributed by atoms with Gasteiger partial charge < -0.3 is 4.74 Å². The monoisotopic (exact) mass is 449 g/mol. The number of ether oxygens (including phenoxy) is 1. The molecule has 6 rings (SSSR count). The molecule has 5 nitrogen and oxygen atoms in total. The lowest BCUT2D eigenvalue weighted by molar-refractivity contribution is -0.142. The zero-order valence-corrected chi connectivity index (χ0v) is 18.9. The summed E-state index contributed by atoms with van der Waals surface area (Å²) in [5.41, 5.74) is 4.92. The van der Waals surface area contributed by atoms with Crippen molar-refractivity contribution in [1.82, 2.24) is 0 Å². The number of hydrogen-bond donors (Lipinski definition) is 0. The zero-order chi connectivity index (χ0) is 23.6. The number of carbonyl (C=O) groups is 3. The Kier molecular flexibility index (Phi) is 4.56. The Hall–Kier alpha value is -3.99. The summed E-state index contributed by atoms with van der Waals surface area (Å²) in [4.78, 5) is 42.4. The first-order valence-corrected chi connectivity index (χ1v) is 11.5. The Balaban J connectivity index is 1.57. The molecule has 5 heteroatoms. The van der Waals surface area contributed by atoms with Crippen LogP contribution in [-0.2, 0) is 14.4 Å². The van der Waals surface area contributed by atoms with Crippen molar-refractivity contribution in [1.29, 1.82) is 0 Å². The van der Waals surface area contributed by atoms with Gasteiger partial charge in [-0.05, 0) is 48.2 Å². The van der Waals surface area contributed by atoms with Gasteiger partial charge in [-0.25, -0.2) is 4.90 Å². The number of esters is 1. The largest absolute Gasteiger partial charge is 0.425 e. The minimum Gasteiger partial charge on any atom is -0.425 e. The molecule has 168 valence electrons. The van der Waals surface area contributed by atoms with Gasteiger partial charge in [0.05, 0.1) is 23.4 Å². The van der Waals surface area contributed by atoms with Gasteiger partial charge in [0.25, 0.3) is 0 Å². The van der Waals surface area contributed by atoms with Crippen LogP contribution in [-0.4, -0.2) is 17.8 Å². The molecule has 0 unspecified atom stereocenters. The Labute approximate surface area is 197 Å². The molecular formula is C29H23NO4. The lowest BCUT2D eigenvalue weighted by atomic mass is 9.64. The van der Waals surface area contributed by atoms with Gasteiger partial charge >= 0.3 is 5.97 Å². The minimum absolute atomic E-state index is 0.268. The van der Waals surface area contributed by atoms with Crippen LogP contribution in [0.3, 0.4) is 0 Å². The third-order valence-electron chi connectivity index (χ3n) is 7.29. The summed E-state index contributed by atoms with van der Waals surface area (Å²) in [5.74, 6) is -3.22. The van der Waals surface area contributed by atoms with E-state index in [1.807, 2.05) is 86.7 Å². The molecular weight excluding hydrogens is 426 g/mol. The maximum absolute atomic E-state index is 13.9. The van der Waals surface area contributed by atoms with Crippen molar-refractivity contribution in [3.8, 4) is 5.75 Å². The number of aryl methyl sites for hydroxylation is 2. The van der Waals surface area contributed by atoms with Crippen molar-refractivity contribution >= 4 is 29.0 Å². The number of imide groups is 1. The third kappa shape index (κ3) is 2.90. The number of allylic oxidation sites excluding steroid dienone is 1. The van der Waals surface area contributed by atoms with Gasteiger partial charge in [-0.2, -0.15) is 0 Å². The predicted octanol–water partition coefficient (Wildman–Crippen LogP) is 4.83. The number of nitrogens with zero attached hydrogens (tertiary/aromatic N) is 1. The van der Waals surface area contributed by atoms with Crippen LogP contribution in [0, 0.1) is 31.6 Å². The first-order valence-electron chi connectivity index (χ1n) is 11.5. The Morgan fingerprint density at radius 2 is 1.50 bits per heavy atom. The number of anilines is 1. The van der Waals surface area contributed by atoms with Crippen molar-refractivity contribution in [2.75, 3.05) is 4.90 Å². The van der Waals surface area contributed by atoms with E-state index >= 15 is 0 Å². The highest BCUT2D eigenvalue weighted by Gasteiger charge is 2.60. The first kappa shape index (κ1) is 20.6. The van der Waals surface area contributed by atoms with E-state index in [2.05, 4.69) is 0 Å². The third-order valence-corrected chi connectivity index (χ3v) is 7.29. The molecule has 2 amide bonds. The molecule has 2 heterocycles. The number of rotatable bonds is 2. The lowest BCUT2D eigenvalue weighted by Gasteiger charge is -2.38. The van der Waals surface area contributed by atoms with Crippen molar-refractivity contribution < 1.29 is 19.1 Å². The first-order chi connectivity index (χ1) is 16.5. The second kappa shape index (κ2) is 7.52. The van der Waals surface area contributed by atoms with Crippen molar-refractivity contribution in [2.45, 2.75) is 19.8 Å².